The fourth-order valence-electron chi connectivity index (χ4n) is 1.45. The number of hydrogen-bond acceptors (Lipinski definition) is 2. The highest BCUT2D eigenvalue weighted by Crippen LogP contribution is 2.34. The van der Waals surface area contributed by atoms with Gasteiger partial charge in [-0.15, -0.1) is 0 Å². The lowest BCUT2D eigenvalue weighted by Crippen LogP contribution is -1.97. The standard InChI is InChI=1S/C14H9Cl3O2/c1-8(18)11-6-9(15)2-4-13(11)19-14-5-3-10(16)7-12(14)17/h2-7H,1H3/i1D3. The van der Waals surface area contributed by atoms with Crippen molar-refractivity contribution in [1.82, 2.24) is 0 Å². The minimum absolute atomic E-state index is 0.0507. The molecule has 98 valence electrons. The second-order valence-corrected chi connectivity index (χ2v) is 4.93. The quantitative estimate of drug-likeness (QED) is 0.684. The van der Waals surface area contributed by atoms with Crippen molar-refractivity contribution >= 4 is 40.6 Å². The van der Waals surface area contributed by atoms with E-state index in [0.29, 0.717) is 5.02 Å². The van der Waals surface area contributed by atoms with Crippen LogP contribution in [0.4, 0.5) is 0 Å². The Labute approximate surface area is 130 Å². The first-order chi connectivity index (χ1) is 10.2. The topological polar surface area (TPSA) is 26.3 Å². The zero-order chi connectivity index (χ0) is 16.5. The Morgan fingerprint density at radius 2 is 1.68 bits per heavy atom. The molecular formula is C14H9Cl3O2. The van der Waals surface area contributed by atoms with Crippen LogP contribution in [-0.2, 0) is 0 Å². The first kappa shape index (κ1) is 10.6. The molecule has 19 heavy (non-hydrogen) atoms. The molecule has 0 spiro atoms. The summed E-state index contributed by atoms with van der Waals surface area (Å²) in [5.74, 6) is -0.766. The van der Waals surface area contributed by atoms with Gasteiger partial charge in [0.25, 0.3) is 0 Å². The van der Waals surface area contributed by atoms with Gasteiger partial charge in [-0.3, -0.25) is 4.79 Å². The maximum atomic E-state index is 12.0. The molecule has 0 atom stereocenters. The van der Waals surface area contributed by atoms with Gasteiger partial charge in [-0.25, -0.2) is 0 Å². The maximum Gasteiger partial charge on any atom is 0.163 e. The first-order valence-electron chi connectivity index (χ1n) is 6.66. The van der Waals surface area contributed by atoms with Gasteiger partial charge >= 0.3 is 0 Å². The minimum atomic E-state index is -2.80. The van der Waals surface area contributed by atoms with Gasteiger partial charge in [-0.2, -0.15) is 0 Å². The SMILES string of the molecule is [2H]C([2H])([2H])C(=O)c1cc(Cl)ccc1Oc1ccc(Cl)cc1Cl. The van der Waals surface area contributed by atoms with E-state index >= 15 is 0 Å². The summed E-state index contributed by atoms with van der Waals surface area (Å²) in [4.78, 5) is 12.0. The summed E-state index contributed by atoms with van der Waals surface area (Å²) in [6.07, 6.45) is 0. The second kappa shape index (κ2) is 5.83. The lowest BCUT2D eigenvalue weighted by atomic mass is 10.1. The summed E-state index contributed by atoms with van der Waals surface area (Å²) in [7, 11) is 0. The predicted molar refractivity (Wildman–Crippen MR) is 78.0 cm³/mol. The monoisotopic (exact) mass is 317 g/mol. The van der Waals surface area contributed by atoms with Crippen molar-refractivity contribution in [3.05, 3.63) is 57.0 Å². The molecule has 0 amide bonds. The third kappa shape index (κ3) is 3.41. The van der Waals surface area contributed by atoms with Crippen molar-refractivity contribution in [2.75, 3.05) is 0 Å². The van der Waals surface area contributed by atoms with Crippen LogP contribution >= 0.6 is 34.8 Å². The molecule has 0 fully saturated rings. The predicted octanol–water partition coefficient (Wildman–Crippen LogP) is 5.64. The number of ether oxygens (including phenoxy) is 1. The average molecular weight is 319 g/mol. The molecule has 0 N–H and O–H groups in total. The maximum absolute atomic E-state index is 12.0. The van der Waals surface area contributed by atoms with Crippen LogP contribution in [0.15, 0.2) is 36.4 Å². The van der Waals surface area contributed by atoms with E-state index in [0.717, 1.165) is 0 Å². The molecule has 0 aliphatic heterocycles. The average Bonchev–Trinajstić information content (AvgIpc) is 2.41. The van der Waals surface area contributed by atoms with Crippen LogP contribution in [0, 0.1) is 0 Å². The van der Waals surface area contributed by atoms with Crippen LogP contribution in [0.3, 0.4) is 0 Å². The van der Waals surface area contributed by atoms with E-state index in [4.69, 9.17) is 43.7 Å². The second-order valence-electron chi connectivity index (χ2n) is 3.65. The van der Waals surface area contributed by atoms with E-state index < -0.39 is 12.6 Å². The van der Waals surface area contributed by atoms with Gasteiger partial charge in [0.2, 0.25) is 0 Å². The molecular weight excluding hydrogens is 307 g/mol. The third-order valence-corrected chi connectivity index (χ3v) is 3.07. The number of carbonyl (C=O) groups is 1. The van der Waals surface area contributed by atoms with Gasteiger partial charge < -0.3 is 4.74 Å². The molecule has 0 unspecified atom stereocenters. The Hall–Kier alpha value is -1.22. The Kier molecular flexibility index (Phi) is 3.24. The van der Waals surface area contributed by atoms with E-state index in [1.807, 2.05) is 0 Å². The number of Topliss-reactive ketones (excluding diaryl/α,β-unsaturated/α-hetero) is 1. The van der Waals surface area contributed by atoms with E-state index in [1.54, 1.807) is 6.07 Å². The van der Waals surface area contributed by atoms with Crippen LogP contribution < -0.4 is 4.74 Å². The van der Waals surface area contributed by atoms with E-state index in [9.17, 15) is 4.79 Å². The molecule has 0 aromatic heterocycles. The Bertz CT molecular complexity index is 730. The molecule has 0 bridgehead atoms. The van der Waals surface area contributed by atoms with Crippen LogP contribution in [-0.4, -0.2) is 5.78 Å². The van der Waals surface area contributed by atoms with Crippen LogP contribution in [0.2, 0.25) is 15.1 Å². The van der Waals surface area contributed by atoms with E-state index in [2.05, 4.69) is 0 Å². The summed E-state index contributed by atoms with van der Waals surface area (Å²) in [6.45, 7) is -2.80. The van der Waals surface area contributed by atoms with Gasteiger partial charge in [-0.1, -0.05) is 34.8 Å². The number of ketones is 1. The number of benzene rings is 2. The van der Waals surface area contributed by atoms with Crippen molar-refractivity contribution in [1.29, 1.82) is 0 Å². The van der Waals surface area contributed by atoms with Crippen LogP contribution in [0.25, 0.3) is 0 Å². The lowest BCUT2D eigenvalue weighted by Gasteiger charge is -2.11. The molecule has 0 aliphatic rings. The zero-order valence-corrected chi connectivity index (χ0v) is 11.7. The molecule has 0 aliphatic carbocycles. The van der Waals surface area contributed by atoms with E-state index in [-0.39, 0.29) is 27.1 Å². The molecule has 2 aromatic rings. The first-order valence-corrected chi connectivity index (χ1v) is 6.29. The smallest absolute Gasteiger partial charge is 0.163 e. The minimum Gasteiger partial charge on any atom is -0.455 e. The fraction of sp³-hybridized carbons (Fsp3) is 0.0714. The number of hydrogen-bond donors (Lipinski definition) is 0. The largest absolute Gasteiger partial charge is 0.455 e. The van der Waals surface area contributed by atoms with Gasteiger partial charge in [-0.05, 0) is 43.3 Å². The Balaban J connectivity index is 2.45. The van der Waals surface area contributed by atoms with E-state index in [1.165, 1.54) is 30.3 Å². The normalized spacial score (nSPS) is 13.3. The number of carbonyl (C=O) groups excluding carboxylic acids is 1. The molecule has 2 nitrogen and oxygen atoms in total. The summed E-state index contributed by atoms with van der Waals surface area (Å²) in [6, 6.07) is 8.69. The van der Waals surface area contributed by atoms with Gasteiger partial charge in [0.05, 0.1) is 10.6 Å². The van der Waals surface area contributed by atoms with Crippen molar-refractivity contribution in [2.45, 2.75) is 6.85 Å². The van der Waals surface area contributed by atoms with Crippen molar-refractivity contribution < 1.29 is 13.6 Å². The number of rotatable bonds is 3. The Morgan fingerprint density at radius 3 is 2.32 bits per heavy atom. The third-order valence-electron chi connectivity index (χ3n) is 2.30. The van der Waals surface area contributed by atoms with Crippen molar-refractivity contribution in [3.63, 3.8) is 0 Å². The van der Waals surface area contributed by atoms with Crippen molar-refractivity contribution in [2.24, 2.45) is 0 Å². The molecule has 0 saturated heterocycles. The summed E-state index contributed by atoms with van der Waals surface area (Å²) < 4.78 is 27.2. The Morgan fingerprint density at radius 1 is 1.05 bits per heavy atom. The molecule has 0 radical (unpaired) electrons. The summed E-state index contributed by atoms with van der Waals surface area (Å²) >= 11 is 17.6. The summed E-state index contributed by atoms with van der Waals surface area (Å²) in [5, 5.41) is 0.879. The summed E-state index contributed by atoms with van der Waals surface area (Å²) in [5.41, 5.74) is -0.140. The fourth-order valence-corrected chi connectivity index (χ4v) is 2.06. The van der Waals surface area contributed by atoms with Crippen molar-refractivity contribution in [3.8, 4) is 11.5 Å². The molecule has 2 rings (SSSR count). The molecule has 5 heteroatoms. The van der Waals surface area contributed by atoms with Crippen LogP contribution in [0.1, 0.15) is 21.3 Å². The zero-order valence-electron chi connectivity index (χ0n) is 12.4. The van der Waals surface area contributed by atoms with Gasteiger partial charge in [0.1, 0.15) is 11.5 Å². The highest BCUT2D eigenvalue weighted by Gasteiger charge is 2.12. The molecule has 2 aromatic carbocycles. The molecule has 0 saturated carbocycles. The highest BCUT2D eigenvalue weighted by molar-refractivity contribution is 6.35. The number of halogens is 3. The van der Waals surface area contributed by atoms with Gasteiger partial charge in [0.15, 0.2) is 5.78 Å². The van der Waals surface area contributed by atoms with Crippen LogP contribution in [0.5, 0.6) is 11.5 Å². The van der Waals surface area contributed by atoms with Gasteiger partial charge in [0, 0.05) is 14.2 Å². The highest BCUT2D eigenvalue weighted by atomic mass is 35.5. The molecule has 0 heterocycles. The lowest BCUT2D eigenvalue weighted by molar-refractivity contribution is 0.101.